The highest BCUT2D eigenvalue weighted by Gasteiger charge is 2.38. The number of nitrogens with zero attached hydrogens (tertiary/aromatic N) is 1. The largest absolute Gasteiger partial charge is 0.507 e. The zero-order valence-electron chi connectivity index (χ0n) is 13.5. The number of phenolic OH excluding ortho intramolecular Hbond substituents is 1. The first kappa shape index (κ1) is 19.0. The summed E-state index contributed by atoms with van der Waals surface area (Å²) in [5.74, 6) is -2.87. The lowest BCUT2D eigenvalue weighted by molar-refractivity contribution is -0.167. The standard InChI is InChI=1S/C17H14F3N3O3/c1-10(22-23-15(25)13-4-2-3-5-14(13)24)11-6-8-12(9-7-11)21-16(26)17(18,19)20/h2-9,24H,1H3,(H,21,26)(H,23,25). The van der Waals surface area contributed by atoms with Crippen LogP contribution in [-0.2, 0) is 4.79 Å². The van der Waals surface area contributed by atoms with E-state index in [4.69, 9.17) is 0 Å². The lowest BCUT2D eigenvalue weighted by Gasteiger charge is -2.09. The van der Waals surface area contributed by atoms with Crippen LogP contribution in [-0.4, -0.2) is 28.8 Å². The molecule has 0 heterocycles. The van der Waals surface area contributed by atoms with E-state index >= 15 is 0 Å². The highest BCUT2D eigenvalue weighted by atomic mass is 19.4. The zero-order chi connectivity index (χ0) is 19.3. The summed E-state index contributed by atoms with van der Waals surface area (Å²) in [6.07, 6.45) is -4.97. The van der Waals surface area contributed by atoms with Gasteiger partial charge in [-0.05, 0) is 36.8 Å². The van der Waals surface area contributed by atoms with Gasteiger partial charge in [0.2, 0.25) is 0 Å². The number of alkyl halides is 3. The number of anilines is 1. The predicted octanol–water partition coefficient (Wildman–Crippen LogP) is 3.05. The van der Waals surface area contributed by atoms with Crippen molar-refractivity contribution < 1.29 is 27.9 Å². The molecular formula is C17H14F3N3O3. The molecule has 0 fully saturated rings. The topological polar surface area (TPSA) is 90.8 Å². The van der Waals surface area contributed by atoms with Gasteiger partial charge in [-0.25, -0.2) is 5.43 Å². The molecule has 0 spiro atoms. The number of carbonyl (C=O) groups is 2. The van der Waals surface area contributed by atoms with Crippen LogP contribution in [0.2, 0.25) is 0 Å². The molecule has 2 rings (SSSR count). The van der Waals surface area contributed by atoms with Crippen LogP contribution >= 0.6 is 0 Å². The Kier molecular flexibility index (Phi) is 5.61. The molecule has 0 unspecified atom stereocenters. The van der Waals surface area contributed by atoms with Crippen LogP contribution in [0.5, 0.6) is 5.75 Å². The fraction of sp³-hybridized carbons (Fsp3) is 0.118. The van der Waals surface area contributed by atoms with E-state index in [1.807, 2.05) is 0 Å². The molecule has 6 nitrogen and oxygen atoms in total. The van der Waals surface area contributed by atoms with Crippen molar-refractivity contribution in [3.8, 4) is 5.75 Å². The van der Waals surface area contributed by atoms with Crippen LogP contribution in [0.15, 0.2) is 53.6 Å². The van der Waals surface area contributed by atoms with Crippen molar-refractivity contribution in [3.05, 3.63) is 59.7 Å². The van der Waals surface area contributed by atoms with E-state index in [0.717, 1.165) is 0 Å². The van der Waals surface area contributed by atoms with Crippen molar-refractivity contribution in [2.24, 2.45) is 5.10 Å². The maximum atomic E-state index is 12.2. The van der Waals surface area contributed by atoms with Gasteiger partial charge in [0.1, 0.15) is 5.75 Å². The van der Waals surface area contributed by atoms with Crippen LogP contribution in [0.3, 0.4) is 0 Å². The maximum absolute atomic E-state index is 12.2. The number of para-hydroxylation sites is 1. The molecule has 0 radical (unpaired) electrons. The highest BCUT2D eigenvalue weighted by molar-refractivity contribution is 6.02. The Bertz CT molecular complexity index is 846. The number of nitrogens with one attached hydrogen (secondary N) is 2. The molecule has 136 valence electrons. The van der Waals surface area contributed by atoms with E-state index in [1.165, 1.54) is 36.4 Å². The Hall–Kier alpha value is -3.36. The first-order valence-electron chi connectivity index (χ1n) is 7.29. The number of carbonyl (C=O) groups excluding carboxylic acids is 2. The second-order valence-electron chi connectivity index (χ2n) is 5.18. The minimum atomic E-state index is -4.97. The Morgan fingerprint density at radius 2 is 1.65 bits per heavy atom. The zero-order valence-corrected chi connectivity index (χ0v) is 13.5. The first-order chi connectivity index (χ1) is 12.2. The minimum absolute atomic E-state index is 0.0258. The van der Waals surface area contributed by atoms with E-state index < -0.39 is 18.0 Å². The number of benzene rings is 2. The second-order valence-corrected chi connectivity index (χ2v) is 5.18. The average Bonchev–Trinajstić information content (AvgIpc) is 2.59. The molecule has 0 saturated heterocycles. The molecule has 0 aromatic heterocycles. The van der Waals surface area contributed by atoms with E-state index in [9.17, 15) is 27.9 Å². The number of hydrogen-bond acceptors (Lipinski definition) is 4. The number of hydrogen-bond donors (Lipinski definition) is 3. The van der Waals surface area contributed by atoms with Crippen molar-refractivity contribution in [1.29, 1.82) is 0 Å². The summed E-state index contributed by atoms with van der Waals surface area (Å²) in [7, 11) is 0. The number of halogens is 3. The molecule has 0 bridgehead atoms. The number of hydrazone groups is 1. The van der Waals surface area contributed by atoms with Gasteiger partial charge >= 0.3 is 12.1 Å². The van der Waals surface area contributed by atoms with E-state index in [2.05, 4.69) is 10.5 Å². The van der Waals surface area contributed by atoms with Crippen LogP contribution in [0.25, 0.3) is 0 Å². The predicted molar refractivity (Wildman–Crippen MR) is 88.9 cm³/mol. The molecule has 0 saturated carbocycles. The summed E-state index contributed by atoms with van der Waals surface area (Å²) < 4.78 is 36.6. The van der Waals surface area contributed by atoms with Gasteiger partial charge in [-0.2, -0.15) is 18.3 Å². The third kappa shape index (κ3) is 4.82. The molecule has 2 aromatic rings. The van der Waals surface area contributed by atoms with Gasteiger partial charge in [-0.15, -0.1) is 0 Å². The maximum Gasteiger partial charge on any atom is 0.471 e. The van der Waals surface area contributed by atoms with Gasteiger partial charge in [-0.1, -0.05) is 24.3 Å². The van der Waals surface area contributed by atoms with Crippen molar-refractivity contribution in [2.75, 3.05) is 5.32 Å². The molecule has 9 heteroatoms. The third-order valence-electron chi connectivity index (χ3n) is 3.29. The van der Waals surface area contributed by atoms with Crippen molar-refractivity contribution in [3.63, 3.8) is 0 Å². The number of aromatic hydroxyl groups is 1. The summed E-state index contributed by atoms with van der Waals surface area (Å²) >= 11 is 0. The van der Waals surface area contributed by atoms with Gasteiger partial charge < -0.3 is 10.4 Å². The molecule has 0 aliphatic rings. The fourth-order valence-electron chi connectivity index (χ4n) is 1.92. The Labute approximate surface area is 146 Å². The minimum Gasteiger partial charge on any atom is -0.507 e. The molecule has 0 atom stereocenters. The smallest absolute Gasteiger partial charge is 0.471 e. The Morgan fingerprint density at radius 3 is 2.23 bits per heavy atom. The SMILES string of the molecule is CC(=NNC(=O)c1ccccc1O)c1ccc(NC(=O)C(F)(F)F)cc1. The summed E-state index contributed by atoms with van der Waals surface area (Å²) in [6, 6.07) is 11.4. The number of phenols is 1. The second kappa shape index (κ2) is 7.68. The van der Waals surface area contributed by atoms with Gasteiger partial charge in [0, 0.05) is 5.69 Å². The number of rotatable bonds is 4. The lowest BCUT2D eigenvalue weighted by Crippen LogP contribution is -2.29. The Morgan fingerprint density at radius 1 is 1.04 bits per heavy atom. The summed E-state index contributed by atoms with van der Waals surface area (Å²) in [5, 5.41) is 15.2. The summed E-state index contributed by atoms with van der Waals surface area (Å²) in [4.78, 5) is 22.8. The van der Waals surface area contributed by atoms with Crippen LogP contribution < -0.4 is 10.7 Å². The number of amides is 2. The van der Waals surface area contributed by atoms with Gasteiger partial charge in [0.05, 0.1) is 11.3 Å². The Balaban J connectivity index is 2.04. The lowest BCUT2D eigenvalue weighted by atomic mass is 10.1. The molecule has 2 amide bonds. The van der Waals surface area contributed by atoms with E-state index in [1.54, 1.807) is 24.4 Å². The van der Waals surface area contributed by atoms with Gasteiger partial charge in [0.25, 0.3) is 5.91 Å². The molecule has 2 aromatic carbocycles. The monoisotopic (exact) mass is 365 g/mol. The highest BCUT2D eigenvalue weighted by Crippen LogP contribution is 2.19. The first-order valence-corrected chi connectivity index (χ1v) is 7.29. The molecule has 26 heavy (non-hydrogen) atoms. The fourth-order valence-corrected chi connectivity index (χ4v) is 1.92. The van der Waals surface area contributed by atoms with Crippen LogP contribution in [0.4, 0.5) is 18.9 Å². The summed E-state index contributed by atoms with van der Waals surface area (Å²) in [6.45, 7) is 1.58. The third-order valence-corrected chi connectivity index (χ3v) is 3.29. The van der Waals surface area contributed by atoms with Gasteiger partial charge in [-0.3, -0.25) is 9.59 Å². The van der Waals surface area contributed by atoms with Crippen LogP contribution in [0.1, 0.15) is 22.8 Å². The average molecular weight is 365 g/mol. The van der Waals surface area contributed by atoms with Crippen molar-refractivity contribution in [1.82, 2.24) is 5.43 Å². The quantitative estimate of drug-likeness (QED) is 0.575. The molecule has 0 aliphatic heterocycles. The molecule has 3 N–H and O–H groups in total. The van der Waals surface area contributed by atoms with Crippen LogP contribution in [0, 0.1) is 0 Å². The molecule has 0 aliphatic carbocycles. The van der Waals surface area contributed by atoms with Gasteiger partial charge in [0.15, 0.2) is 0 Å². The van der Waals surface area contributed by atoms with E-state index in [0.29, 0.717) is 11.3 Å². The normalized spacial score (nSPS) is 11.8. The van der Waals surface area contributed by atoms with Crippen molar-refractivity contribution >= 4 is 23.2 Å². The van der Waals surface area contributed by atoms with E-state index in [-0.39, 0.29) is 17.0 Å². The van der Waals surface area contributed by atoms with Crippen molar-refractivity contribution in [2.45, 2.75) is 13.1 Å². The molecular weight excluding hydrogens is 351 g/mol. The summed E-state index contributed by atoms with van der Waals surface area (Å²) in [5.41, 5.74) is 3.20.